The molecule has 2 aliphatic rings. The lowest BCUT2D eigenvalue weighted by atomic mass is 10.1. The third-order valence-corrected chi connectivity index (χ3v) is 5.16. The van der Waals surface area contributed by atoms with Gasteiger partial charge < -0.3 is 14.7 Å². The fourth-order valence-corrected chi connectivity index (χ4v) is 3.63. The van der Waals surface area contributed by atoms with E-state index in [0.29, 0.717) is 17.1 Å². The van der Waals surface area contributed by atoms with E-state index in [9.17, 15) is 4.79 Å². The molecule has 8 heteroatoms. The first-order valence-corrected chi connectivity index (χ1v) is 9.29. The average Bonchev–Trinajstić information content (AvgIpc) is 3.33. The highest BCUT2D eigenvalue weighted by Gasteiger charge is 2.21. The molecule has 1 N–H and O–H groups in total. The van der Waals surface area contributed by atoms with Crippen LogP contribution in [0.15, 0.2) is 16.8 Å². The van der Waals surface area contributed by atoms with Gasteiger partial charge in [-0.05, 0) is 25.9 Å². The molecular weight excluding hydrogens is 354 g/mol. The summed E-state index contributed by atoms with van der Waals surface area (Å²) in [5.41, 5.74) is 2.37. The van der Waals surface area contributed by atoms with Crippen molar-refractivity contribution < 1.29 is 9.32 Å². The molecule has 26 heavy (non-hydrogen) atoms. The van der Waals surface area contributed by atoms with Gasteiger partial charge in [0.25, 0.3) is 0 Å². The van der Waals surface area contributed by atoms with Gasteiger partial charge >= 0.3 is 11.8 Å². The minimum Gasteiger partial charge on any atom is -0.347 e. The summed E-state index contributed by atoms with van der Waals surface area (Å²) in [5.74, 6) is -0.163. The Morgan fingerprint density at radius 3 is 3.00 bits per heavy atom. The Bertz CT molecular complexity index is 842. The molecule has 7 nitrogen and oxygen atoms in total. The number of halogens is 1. The van der Waals surface area contributed by atoms with Crippen LogP contribution in [0.2, 0.25) is 5.02 Å². The number of hydrogen-bond acceptors (Lipinski definition) is 6. The summed E-state index contributed by atoms with van der Waals surface area (Å²) in [6, 6.07) is 0. The first-order chi connectivity index (χ1) is 12.7. The van der Waals surface area contributed by atoms with E-state index in [0.717, 1.165) is 37.3 Å². The van der Waals surface area contributed by atoms with Crippen LogP contribution in [-0.2, 0) is 6.42 Å². The Hall–Kier alpha value is -2.25. The number of piperidine rings is 1. The van der Waals surface area contributed by atoms with E-state index in [1.165, 1.54) is 19.3 Å². The lowest BCUT2D eigenvalue weighted by Gasteiger charge is -2.26. The second kappa shape index (κ2) is 7.55. The number of hydrogen-bond donors (Lipinski definition) is 1. The van der Waals surface area contributed by atoms with Gasteiger partial charge in [0, 0.05) is 31.3 Å². The molecule has 0 atom stereocenters. The lowest BCUT2D eigenvalue weighted by Crippen LogP contribution is -2.37. The Morgan fingerprint density at radius 1 is 1.31 bits per heavy atom. The van der Waals surface area contributed by atoms with E-state index in [1.807, 2.05) is 12.2 Å². The second-order valence-corrected chi connectivity index (χ2v) is 6.91. The number of carbonyl (C=O) groups is 1. The van der Waals surface area contributed by atoms with Gasteiger partial charge in [-0.25, -0.2) is 0 Å². The van der Waals surface area contributed by atoms with E-state index in [1.54, 1.807) is 6.20 Å². The highest BCUT2D eigenvalue weighted by molar-refractivity contribution is 6.34. The third kappa shape index (κ3) is 3.50. The summed E-state index contributed by atoms with van der Waals surface area (Å²) >= 11 is 6.43. The van der Waals surface area contributed by atoms with Crippen LogP contribution in [0, 0.1) is 0 Å². The monoisotopic (exact) mass is 373 g/mol. The topological polar surface area (TPSA) is 84.2 Å². The van der Waals surface area contributed by atoms with E-state index < -0.39 is 0 Å². The number of rotatable bonds is 5. The second-order valence-electron chi connectivity index (χ2n) is 6.53. The average molecular weight is 374 g/mol. The zero-order chi connectivity index (χ0) is 17.9. The standard InChI is InChI=1S/C18H20ClN5O2/c19-15-12-5-4-6-14(12)21-11-13(15)16-22-18(26-23-16)17(25)20-7-10-24-8-2-1-3-9-24/h4-5,11H,1-3,6-10H2,(H,20,25). The van der Waals surface area contributed by atoms with Crippen molar-refractivity contribution in [3.05, 3.63) is 34.4 Å². The normalized spacial score (nSPS) is 16.7. The van der Waals surface area contributed by atoms with Crippen molar-refractivity contribution >= 4 is 23.6 Å². The molecule has 0 spiro atoms. The molecule has 0 unspecified atom stereocenters. The van der Waals surface area contributed by atoms with Gasteiger partial charge in [-0.3, -0.25) is 9.78 Å². The number of fused-ring (bicyclic) bond motifs is 1. The van der Waals surface area contributed by atoms with Crippen molar-refractivity contribution in [2.45, 2.75) is 25.7 Å². The quantitative estimate of drug-likeness (QED) is 0.867. The van der Waals surface area contributed by atoms with Crippen LogP contribution in [-0.4, -0.2) is 52.1 Å². The molecule has 0 saturated carbocycles. The Balaban J connectivity index is 1.40. The third-order valence-electron chi connectivity index (χ3n) is 4.75. The van der Waals surface area contributed by atoms with Gasteiger partial charge in [0.1, 0.15) is 0 Å². The van der Waals surface area contributed by atoms with Crippen molar-refractivity contribution in [2.75, 3.05) is 26.2 Å². The van der Waals surface area contributed by atoms with Gasteiger partial charge in [-0.1, -0.05) is 35.3 Å². The Kier molecular flexibility index (Phi) is 4.99. The maximum atomic E-state index is 12.2. The molecule has 1 saturated heterocycles. The summed E-state index contributed by atoms with van der Waals surface area (Å²) in [6.45, 7) is 3.58. The SMILES string of the molecule is O=C(NCCN1CCCCC1)c1nc(-c2cnc3c(c2Cl)C=CC3)no1. The Labute approximate surface area is 156 Å². The van der Waals surface area contributed by atoms with Crippen molar-refractivity contribution in [2.24, 2.45) is 0 Å². The lowest BCUT2D eigenvalue weighted by molar-refractivity contribution is 0.0903. The predicted octanol–water partition coefficient (Wildman–Crippen LogP) is 2.57. The van der Waals surface area contributed by atoms with Crippen molar-refractivity contribution in [1.29, 1.82) is 0 Å². The maximum absolute atomic E-state index is 12.2. The summed E-state index contributed by atoms with van der Waals surface area (Å²) < 4.78 is 5.11. The first kappa shape index (κ1) is 17.2. The van der Waals surface area contributed by atoms with Crippen molar-refractivity contribution in [1.82, 2.24) is 25.3 Å². The number of pyridine rings is 1. The fourth-order valence-electron chi connectivity index (χ4n) is 3.33. The van der Waals surface area contributed by atoms with Gasteiger partial charge in [-0.15, -0.1) is 0 Å². The van der Waals surface area contributed by atoms with Crippen LogP contribution < -0.4 is 5.32 Å². The van der Waals surface area contributed by atoms with Crippen molar-refractivity contribution in [3.63, 3.8) is 0 Å². The summed E-state index contributed by atoms with van der Waals surface area (Å²) in [7, 11) is 0. The van der Waals surface area contributed by atoms with Gasteiger partial charge in [-0.2, -0.15) is 4.98 Å². The molecule has 136 valence electrons. The Morgan fingerprint density at radius 2 is 2.15 bits per heavy atom. The largest absolute Gasteiger partial charge is 0.347 e. The number of aromatic nitrogens is 3. The molecule has 1 fully saturated rings. The zero-order valence-corrected chi connectivity index (χ0v) is 15.1. The van der Waals surface area contributed by atoms with E-state index in [2.05, 4.69) is 25.3 Å². The van der Waals surface area contributed by atoms with E-state index in [4.69, 9.17) is 16.1 Å². The number of allylic oxidation sites excluding steroid dienone is 1. The molecule has 2 aromatic heterocycles. The minimum absolute atomic E-state index is 0.0641. The van der Waals surface area contributed by atoms with E-state index >= 15 is 0 Å². The molecule has 0 bridgehead atoms. The fraction of sp³-hybridized carbons (Fsp3) is 0.444. The van der Waals surface area contributed by atoms with Crippen LogP contribution in [0.4, 0.5) is 0 Å². The summed E-state index contributed by atoms with van der Waals surface area (Å²) in [6.07, 6.45) is 10.1. The molecule has 1 aliphatic heterocycles. The number of nitrogens with one attached hydrogen (secondary N) is 1. The summed E-state index contributed by atoms with van der Waals surface area (Å²) in [5, 5.41) is 7.25. The summed E-state index contributed by atoms with van der Waals surface area (Å²) in [4.78, 5) is 23.1. The number of likely N-dealkylation sites (tertiary alicyclic amines) is 1. The smallest absolute Gasteiger partial charge is 0.316 e. The van der Waals surface area contributed by atoms with Crippen LogP contribution in [0.3, 0.4) is 0 Å². The molecule has 1 amide bonds. The molecule has 0 radical (unpaired) electrons. The molecule has 0 aromatic carbocycles. The van der Waals surface area contributed by atoms with Crippen molar-refractivity contribution in [3.8, 4) is 11.4 Å². The highest BCUT2D eigenvalue weighted by atomic mass is 35.5. The van der Waals surface area contributed by atoms with Crippen LogP contribution in [0.1, 0.15) is 41.2 Å². The van der Waals surface area contributed by atoms with Crippen LogP contribution >= 0.6 is 11.6 Å². The molecule has 1 aliphatic carbocycles. The van der Waals surface area contributed by atoms with E-state index in [-0.39, 0.29) is 17.6 Å². The molecule has 4 rings (SSSR count). The van der Waals surface area contributed by atoms with Gasteiger partial charge in [0.05, 0.1) is 16.3 Å². The first-order valence-electron chi connectivity index (χ1n) is 8.91. The highest BCUT2D eigenvalue weighted by Crippen LogP contribution is 2.33. The van der Waals surface area contributed by atoms with Gasteiger partial charge in [0.2, 0.25) is 5.82 Å². The number of nitrogens with zero attached hydrogens (tertiary/aromatic N) is 4. The number of amides is 1. The van der Waals surface area contributed by atoms with Gasteiger partial charge in [0.15, 0.2) is 0 Å². The number of carbonyl (C=O) groups excluding carboxylic acids is 1. The molecular formula is C18H20ClN5O2. The maximum Gasteiger partial charge on any atom is 0.316 e. The zero-order valence-electron chi connectivity index (χ0n) is 14.4. The van der Waals surface area contributed by atoms with Crippen LogP contribution in [0.5, 0.6) is 0 Å². The predicted molar refractivity (Wildman–Crippen MR) is 97.9 cm³/mol. The molecule has 2 aromatic rings. The molecule has 3 heterocycles. The minimum atomic E-state index is -0.370. The van der Waals surface area contributed by atoms with Crippen LogP contribution in [0.25, 0.3) is 17.5 Å².